The molecule has 1 aromatic rings. The molecular weight excluding hydrogens is 266 g/mol. The van der Waals surface area contributed by atoms with Crippen molar-refractivity contribution in [2.45, 2.75) is 19.9 Å². The average molecular weight is 283 g/mol. The van der Waals surface area contributed by atoms with Crippen LogP contribution in [0, 0.1) is 0 Å². The number of carbonyl (C=O) groups is 2. The van der Waals surface area contributed by atoms with E-state index in [1.54, 1.807) is 0 Å². The number of hydrogen-bond acceptors (Lipinski definition) is 6. The summed E-state index contributed by atoms with van der Waals surface area (Å²) in [6, 6.07) is 0.217. The summed E-state index contributed by atoms with van der Waals surface area (Å²) in [7, 11) is 0. The highest BCUT2D eigenvalue weighted by Crippen LogP contribution is 2.26. The van der Waals surface area contributed by atoms with Gasteiger partial charge in [-0.05, 0) is 13.8 Å². The van der Waals surface area contributed by atoms with Crippen LogP contribution in [0.1, 0.15) is 23.5 Å². The highest BCUT2D eigenvalue weighted by molar-refractivity contribution is 7.18. The third kappa shape index (κ3) is 3.14. The van der Waals surface area contributed by atoms with Crippen molar-refractivity contribution in [1.29, 1.82) is 0 Å². The molecule has 1 aromatic heterocycles. The lowest BCUT2D eigenvalue weighted by Gasteiger charge is -2.26. The second-order valence-corrected chi connectivity index (χ2v) is 5.61. The van der Waals surface area contributed by atoms with E-state index in [1.165, 1.54) is 16.2 Å². The number of nitrogens with two attached hydrogens (primary N) is 1. The van der Waals surface area contributed by atoms with Crippen LogP contribution >= 0.6 is 11.3 Å². The van der Waals surface area contributed by atoms with Gasteiger partial charge >= 0.3 is 0 Å². The number of hydrogen-bond donors (Lipinski definition) is 3. The summed E-state index contributed by atoms with van der Waals surface area (Å²) in [5, 5.41) is 6.41. The maximum atomic E-state index is 12.3. The zero-order chi connectivity index (χ0) is 14.0. The highest BCUT2D eigenvalue weighted by atomic mass is 32.1. The molecule has 0 unspecified atom stereocenters. The Hall–Kier alpha value is -1.83. The molecule has 1 fully saturated rings. The van der Waals surface area contributed by atoms with E-state index in [2.05, 4.69) is 15.6 Å². The molecule has 0 aromatic carbocycles. The van der Waals surface area contributed by atoms with E-state index in [1.807, 2.05) is 13.8 Å². The molecule has 0 aliphatic carbocycles. The molecule has 1 saturated heterocycles. The van der Waals surface area contributed by atoms with Gasteiger partial charge in [0.1, 0.15) is 10.7 Å². The first-order valence-corrected chi connectivity index (χ1v) is 6.88. The maximum absolute atomic E-state index is 12.3. The largest absolute Gasteiger partial charge is 0.382 e. The van der Waals surface area contributed by atoms with Crippen molar-refractivity contribution in [3.05, 3.63) is 4.88 Å². The zero-order valence-corrected chi connectivity index (χ0v) is 11.7. The van der Waals surface area contributed by atoms with Gasteiger partial charge in [0.05, 0.1) is 6.54 Å². The summed E-state index contributed by atoms with van der Waals surface area (Å²) in [4.78, 5) is 29.6. The Balaban J connectivity index is 2.14. The highest BCUT2D eigenvalue weighted by Gasteiger charge is 2.26. The third-order valence-electron chi connectivity index (χ3n) is 2.59. The number of rotatable bonds is 3. The van der Waals surface area contributed by atoms with Gasteiger partial charge in [0, 0.05) is 19.1 Å². The van der Waals surface area contributed by atoms with E-state index in [0.717, 1.165) is 0 Å². The zero-order valence-electron chi connectivity index (χ0n) is 10.9. The SMILES string of the molecule is CC(C)Nc1nc(N)c(C(=O)N2CCNC(=O)C2)s1. The summed E-state index contributed by atoms with van der Waals surface area (Å²) in [5.41, 5.74) is 5.77. The first kappa shape index (κ1) is 13.6. The van der Waals surface area contributed by atoms with E-state index in [-0.39, 0.29) is 30.2 Å². The Kier molecular flexibility index (Phi) is 3.89. The fraction of sp³-hybridized carbons (Fsp3) is 0.545. The third-order valence-corrected chi connectivity index (χ3v) is 3.58. The molecule has 2 heterocycles. The number of aromatic nitrogens is 1. The molecule has 7 nitrogen and oxygen atoms in total. The molecule has 104 valence electrons. The van der Waals surface area contributed by atoms with Gasteiger partial charge in [-0.3, -0.25) is 9.59 Å². The fourth-order valence-corrected chi connectivity index (χ4v) is 2.75. The lowest BCUT2D eigenvalue weighted by molar-refractivity contribution is -0.123. The van der Waals surface area contributed by atoms with Gasteiger partial charge in [-0.2, -0.15) is 0 Å². The van der Waals surface area contributed by atoms with Gasteiger partial charge in [0.25, 0.3) is 5.91 Å². The van der Waals surface area contributed by atoms with Gasteiger partial charge in [-0.25, -0.2) is 4.98 Å². The Bertz CT molecular complexity index is 499. The number of amides is 2. The Morgan fingerprint density at radius 2 is 2.32 bits per heavy atom. The van der Waals surface area contributed by atoms with Crippen LogP contribution in [0.5, 0.6) is 0 Å². The molecular formula is C11H17N5O2S. The van der Waals surface area contributed by atoms with Crippen molar-refractivity contribution in [2.75, 3.05) is 30.7 Å². The Labute approximate surface area is 115 Å². The fourth-order valence-electron chi connectivity index (χ4n) is 1.75. The molecule has 0 saturated carbocycles. The van der Waals surface area contributed by atoms with Crippen molar-refractivity contribution < 1.29 is 9.59 Å². The number of nitrogens with zero attached hydrogens (tertiary/aromatic N) is 2. The quantitative estimate of drug-likeness (QED) is 0.731. The van der Waals surface area contributed by atoms with E-state index in [9.17, 15) is 9.59 Å². The Morgan fingerprint density at radius 3 is 2.95 bits per heavy atom. The van der Waals surface area contributed by atoms with Gasteiger partial charge < -0.3 is 21.3 Å². The first-order valence-electron chi connectivity index (χ1n) is 6.06. The van der Waals surface area contributed by atoms with Crippen molar-refractivity contribution >= 4 is 34.1 Å². The predicted molar refractivity (Wildman–Crippen MR) is 74.2 cm³/mol. The van der Waals surface area contributed by atoms with Crippen LogP contribution in [-0.4, -0.2) is 47.4 Å². The lowest BCUT2D eigenvalue weighted by Crippen LogP contribution is -2.49. The maximum Gasteiger partial charge on any atom is 0.268 e. The second kappa shape index (κ2) is 5.43. The first-order chi connectivity index (χ1) is 8.97. The predicted octanol–water partition coefficient (Wildman–Crippen LogP) is 0.118. The van der Waals surface area contributed by atoms with Crippen LogP contribution in [-0.2, 0) is 4.79 Å². The molecule has 2 amide bonds. The van der Waals surface area contributed by atoms with Gasteiger partial charge in [0.2, 0.25) is 5.91 Å². The molecule has 0 bridgehead atoms. The topological polar surface area (TPSA) is 100 Å². The van der Waals surface area contributed by atoms with Crippen molar-refractivity contribution in [3.8, 4) is 0 Å². The van der Waals surface area contributed by atoms with E-state index in [4.69, 9.17) is 5.73 Å². The second-order valence-electron chi connectivity index (χ2n) is 4.61. The molecule has 0 spiro atoms. The Morgan fingerprint density at radius 1 is 1.58 bits per heavy atom. The van der Waals surface area contributed by atoms with Crippen LogP contribution in [0.25, 0.3) is 0 Å². The number of nitrogens with one attached hydrogen (secondary N) is 2. The molecule has 2 rings (SSSR count). The minimum absolute atomic E-state index is 0.0725. The van der Waals surface area contributed by atoms with Gasteiger partial charge in [-0.1, -0.05) is 11.3 Å². The van der Waals surface area contributed by atoms with Crippen LogP contribution in [0.4, 0.5) is 10.9 Å². The van der Waals surface area contributed by atoms with Crippen molar-refractivity contribution in [3.63, 3.8) is 0 Å². The van der Waals surface area contributed by atoms with Crippen LogP contribution in [0.2, 0.25) is 0 Å². The van der Waals surface area contributed by atoms with E-state index < -0.39 is 0 Å². The molecule has 1 aliphatic rings. The smallest absolute Gasteiger partial charge is 0.268 e. The van der Waals surface area contributed by atoms with Gasteiger partial charge in [0.15, 0.2) is 5.13 Å². The molecule has 1 aliphatic heterocycles. The summed E-state index contributed by atoms with van der Waals surface area (Å²) in [5.74, 6) is -0.172. The molecule has 8 heteroatoms. The summed E-state index contributed by atoms with van der Waals surface area (Å²) < 4.78 is 0. The lowest BCUT2D eigenvalue weighted by atomic mass is 10.3. The molecule has 19 heavy (non-hydrogen) atoms. The summed E-state index contributed by atoms with van der Waals surface area (Å²) in [6.07, 6.45) is 0. The molecule has 0 atom stereocenters. The monoisotopic (exact) mass is 283 g/mol. The number of anilines is 2. The number of carbonyl (C=O) groups excluding carboxylic acids is 2. The molecule has 0 radical (unpaired) electrons. The van der Waals surface area contributed by atoms with E-state index in [0.29, 0.717) is 23.1 Å². The number of piperazine rings is 1. The van der Waals surface area contributed by atoms with Crippen LogP contribution < -0.4 is 16.4 Å². The standard InChI is InChI=1S/C11H17N5O2S/c1-6(2)14-11-15-9(12)8(19-11)10(18)16-4-3-13-7(17)5-16/h6H,3-5,12H2,1-2H3,(H,13,17)(H,14,15). The van der Waals surface area contributed by atoms with Gasteiger partial charge in [-0.15, -0.1) is 0 Å². The van der Waals surface area contributed by atoms with Crippen molar-refractivity contribution in [2.24, 2.45) is 0 Å². The number of nitrogen functional groups attached to an aromatic ring is 1. The normalized spacial score (nSPS) is 15.5. The molecule has 4 N–H and O–H groups in total. The summed E-state index contributed by atoms with van der Waals surface area (Å²) in [6.45, 7) is 5.00. The average Bonchev–Trinajstić information content (AvgIpc) is 2.68. The van der Waals surface area contributed by atoms with Crippen molar-refractivity contribution in [1.82, 2.24) is 15.2 Å². The van der Waals surface area contributed by atoms with Crippen LogP contribution in [0.3, 0.4) is 0 Å². The van der Waals surface area contributed by atoms with E-state index >= 15 is 0 Å². The number of thiazole rings is 1. The summed E-state index contributed by atoms with van der Waals surface area (Å²) >= 11 is 1.22. The minimum atomic E-state index is -0.235. The van der Waals surface area contributed by atoms with Crippen LogP contribution in [0.15, 0.2) is 0 Å². The minimum Gasteiger partial charge on any atom is -0.382 e.